The number of ether oxygens (including phenoxy) is 2. The van der Waals surface area contributed by atoms with Gasteiger partial charge in [-0.2, -0.15) is 36.5 Å². The van der Waals surface area contributed by atoms with Crippen LogP contribution < -0.4 is 26.1 Å². The maximum Gasteiger partial charge on any atom is 0.417 e. The fourth-order valence-corrected chi connectivity index (χ4v) is 8.54. The van der Waals surface area contributed by atoms with E-state index in [2.05, 4.69) is 30.6 Å². The van der Waals surface area contributed by atoms with Crippen molar-refractivity contribution >= 4 is 33.1 Å². The monoisotopic (exact) mass is 840 g/mol. The standard InChI is InChI=1S/C41H39F7N8O4/c1-21-6-13-31(56(21)24-9-12-29-26(18-24)28(40(43,44)45)19-32(57)51-29)37(41(46,47)48)60-15-5-3-4-14-59-25-10-7-22(8-11-25)35-34(38-49-20-50-55(38)2)36-33-27(39(58)54-53-36)16-23(42)17-30(33)52-35/h7-12,16-21,31,34-35,37,52H,3-6,13-15H2,1-2H3,(H,51,57)(H,54,58)/t21-,31?,34+,35+,37?/m0/s1. The molecule has 5 heterocycles. The van der Waals surface area contributed by atoms with Crippen LogP contribution in [0.25, 0.3) is 21.7 Å². The number of aromatic amines is 2. The van der Waals surface area contributed by atoms with E-state index in [1.165, 1.54) is 41.6 Å². The Morgan fingerprint density at radius 2 is 1.68 bits per heavy atom. The molecule has 19 heteroatoms. The third-order valence-corrected chi connectivity index (χ3v) is 11.3. The number of unbranched alkanes of at least 4 members (excludes halogenated alkanes) is 2. The average Bonchev–Trinajstić information content (AvgIpc) is 3.79. The summed E-state index contributed by atoms with van der Waals surface area (Å²) in [6, 6.07) is 12.0. The molecule has 12 nitrogen and oxygen atoms in total. The number of rotatable bonds is 12. The molecule has 0 radical (unpaired) electrons. The van der Waals surface area contributed by atoms with Crippen molar-refractivity contribution < 1.29 is 40.2 Å². The minimum Gasteiger partial charge on any atom is -0.494 e. The Bertz CT molecular complexity index is 2640. The summed E-state index contributed by atoms with van der Waals surface area (Å²) in [6.07, 6.45) is -8.55. The number of nitrogens with one attached hydrogen (secondary N) is 3. The van der Waals surface area contributed by atoms with Crippen LogP contribution in [0.1, 0.15) is 73.6 Å². The summed E-state index contributed by atoms with van der Waals surface area (Å²) in [6.45, 7) is 1.80. The zero-order valence-electron chi connectivity index (χ0n) is 32.2. The lowest BCUT2D eigenvalue weighted by atomic mass is 9.83. The smallest absolute Gasteiger partial charge is 0.417 e. The first-order valence-corrected chi connectivity index (χ1v) is 19.3. The number of hydrogen-bond acceptors (Lipinski definition) is 9. The van der Waals surface area contributed by atoms with Crippen molar-refractivity contribution in [2.45, 2.75) is 81.5 Å². The second-order valence-corrected chi connectivity index (χ2v) is 15.1. The molecule has 0 spiro atoms. The van der Waals surface area contributed by atoms with Gasteiger partial charge in [0.15, 0.2) is 6.10 Å². The first kappa shape index (κ1) is 40.8. The van der Waals surface area contributed by atoms with Crippen LogP contribution in [-0.2, 0) is 18.0 Å². The van der Waals surface area contributed by atoms with E-state index in [4.69, 9.17) is 9.47 Å². The second kappa shape index (κ2) is 15.9. The number of aryl methyl sites for hydroxylation is 1. The molecule has 0 amide bonds. The molecule has 0 saturated carbocycles. The molecular formula is C41H39F7N8O4. The summed E-state index contributed by atoms with van der Waals surface area (Å²) in [5, 5.41) is 14.8. The summed E-state index contributed by atoms with van der Waals surface area (Å²) in [5.41, 5.74) is -0.810. The maximum atomic E-state index is 14.6. The van der Waals surface area contributed by atoms with Gasteiger partial charge in [0.05, 0.1) is 41.3 Å². The minimum absolute atomic E-state index is 0.0716. The molecule has 3 aromatic heterocycles. The predicted molar refractivity (Wildman–Crippen MR) is 208 cm³/mol. The topological polar surface area (TPSA) is 143 Å². The lowest BCUT2D eigenvalue weighted by Crippen LogP contribution is -2.50. The third-order valence-electron chi connectivity index (χ3n) is 11.3. The highest BCUT2D eigenvalue weighted by molar-refractivity contribution is 5.97. The van der Waals surface area contributed by atoms with E-state index in [9.17, 15) is 40.3 Å². The van der Waals surface area contributed by atoms with Gasteiger partial charge < -0.3 is 24.7 Å². The van der Waals surface area contributed by atoms with Gasteiger partial charge >= 0.3 is 12.4 Å². The molecule has 1 fully saturated rings. The molecule has 2 unspecified atom stereocenters. The Kier molecular flexibility index (Phi) is 10.8. The van der Waals surface area contributed by atoms with Gasteiger partial charge in [0, 0.05) is 53.4 Å². The molecule has 316 valence electrons. The van der Waals surface area contributed by atoms with Crippen LogP contribution in [0.3, 0.4) is 0 Å². The Morgan fingerprint density at radius 1 is 0.917 bits per heavy atom. The molecule has 60 heavy (non-hydrogen) atoms. The molecule has 2 aliphatic heterocycles. The summed E-state index contributed by atoms with van der Waals surface area (Å²) in [4.78, 5) is 32.8. The van der Waals surface area contributed by atoms with E-state index in [0.717, 1.165) is 5.56 Å². The van der Waals surface area contributed by atoms with Crippen molar-refractivity contribution in [1.29, 1.82) is 0 Å². The number of anilines is 2. The molecule has 0 aliphatic carbocycles. The molecule has 1 saturated heterocycles. The number of aromatic nitrogens is 6. The second-order valence-electron chi connectivity index (χ2n) is 15.1. The van der Waals surface area contributed by atoms with E-state index in [-0.39, 0.29) is 41.6 Å². The normalized spacial score (nSPS) is 19.9. The first-order valence-electron chi connectivity index (χ1n) is 19.3. The van der Waals surface area contributed by atoms with Crippen LogP contribution in [0.2, 0.25) is 0 Å². The molecule has 5 atom stereocenters. The molecule has 0 bridgehead atoms. The Morgan fingerprint density at radius 3 is 2.40 bits per heavy atom. The number of fused-ring (bicyclic) bond motifs is 1. The highest BCUT2D eigenvalue weighted by Gasteiger charge is 2.51. The van der Waals surface area contributed by atoms with Crippen molar-refractivity contribution in [3.05, 3.63) is 116 Å². The van der Waals surface area contributed by atoms with E-state index >= 15 is 0 Å². The summed E-state index contributed by atoms with van der Waals surface area (Å²) in [7, 11) is 1.74. The Labute approximate surface area is 336 Å². The van der Waals surface area contributed by atoms with Crippen LogP contribution >= 0.6 is 0 Å². The highest BCUT2D eigenvalue weighted by Crippen LogP contribution is 2.46. The lowest BCUT2D eigenvalue weighted by Gasteiger charge is -2.36. The van der Waals surface area contributed by atoms with Gasteiger partial charge in [-0.3, -0.25) is 14.3 Å². The fourth-order valence-electron chi connectivity index (χ4n) is 8.54. The number of H-pyrrole nitrogens is 2. The van der Waals surface area contributed by atoms with Crippen LogP contribution in [0.15, 0.2) is 76.6 Å². The van der Waals surface area contributed by atoms with Gasteiger partial charge in [-0.1, -0.05) is 12.1 Å². The predicted octanol–water partition coefficient (Wildman–Crippen LogP) is 7.90. The van der Waals surface area contributed by atoms with Crippen molar-refractivity contribution in [2.75, 3.05) is 23.4 Å². The van der Waals surface area contributed by atoms with Gasteiger partial charge in [-0.15, -0.1) is 0 Å². The van der Waals surface area contributed by atoms with Gasteiger partial charge in [0.25, 0.3) is 5.56 Å². The van der Waals surface area contributed by atoms with Crippen molar-refractivity contribution in [1.82, 2.24) is 29.9 Å². The Hall–Kier alpha value is -5.98. The highest BCUT2D eigenvalue weighted by atomic mass is 19.4. The average molecular weight is 841 g/mol. The van der Waals surface area contributed by atoms with Crippen molar-refractivity contribution in [3.8, 4) is 5.75 Å². The number of hydrogen-bond donors (Lipinski definition) is 3. The summed E-state index contributed by atoms with van der Waals surface area (Å²) >= 11 is 0. The third kappa shape index (κ3) is 7.89. The molecule has 2 aliphatic rings. The van der Waals surface area contributed by atoms with Crippen LogP contribution in [0.5, 0.6) is 5.75 Å². The number of nitrogens with zero attached hydrogens (tertiary/aromatic N) is 5. The fraction of sp³-hybridized carbons (Fsp3) is 0.390. The van der Waals surface area contributed by atoms with Crippen LogP contribution in [-0.4, -0.2) is 67.5 Å². The van der Waals surface area contributed by atoms with Gasteiger partial charge in [0.1, 0.15) is 23.7 Å². The van der Waals surface area contributed by atoms with Gasteiger partial charge in [-0.05, 0) is 87.1 Å². The maximum absolute atomic E-state index is 14.6. The van der Waals surface area contributed by atoms with E-state index < -0.39 is 65.0 Å². The zero-order valence-corrected chi connectivity index (χ0v) is 32.2. The molecular weight excluding hydrogens is 801 g/mol. The summed E-state index contributed by atoms with van der Waals surface area (Å²) < 4.78 is 113. The SMILES string of the molecule is C[C@H]1CCC(C(OCCCCCOc2ccc([C@H]3Nc4cc(F)cc5c(=O)[nH]nc(c45)[C@@H]3c3ncnn3C)cc2)C(F)(F)F)N1c1ccc2[nH]c(=O)cc(C(F)(F)F)c2c1. The number of pyridine rings is 1. The number of benzene rings is 3. The van der Waals surface area contributed by atoms with E-state index in [1.807, 2.05) is 12.1 Å². The number of alkyl halides is 6. The first-order chi connectivity index (χ1) is 28.6. The molecule has 8 rings (SSSR count). The molecule has 3 aromatic carbocycles. The zero-order chi connectivity index (χ0) is 42.5. The minimum atomic E-state index is -4.85. The van der Waals surface area contributed by atoms with Gasteiger partial charge in [-0.25, -0.2) is 14.5 Å². The molecule has 3 N–H and O–H groups in total. The molecule has 6 aromatic rings. The van der Waals surface area contributed by atoms with Crippen molar-refractivity contribution in [3.63, 3.8) is 0 Å². The van der Waals surface area contributed by atoms with Gasteiger partial charge in [0.2, 0.25) is 5.56 Å². The lowest BCUT2D eigenvalue weighted by molar-refractivity contribution is -0.226. The van der Waals surface area contributed by atoms with Crippen LogP contribution in [0.4, 0.5) is 42.1 Å². The number of halogens is 7. The van der Waals surface area contributed by atoms with Crippen molar-refractivity contribution in [2.24, 2.45) is 7.05 Å². The van der Waals surface area contributed by atoms with E-state index in [0.29, 0.717) is 60.1 Å². The summed E-state index contributed by atoms with van der Waals surface area (Å²) in [5.74, 6) is 0.0172. The van der Waals surface area contributed by atoms with E-state index in [1.54, 1.807) is 30.8 Å². The largest absolute Gasteiger partial charge is 0.494 e. The quantitative estimate of drug-likeness (QED) is 0.0828. The van der Waals surface area contributed by atoms with Crippen LogP contribution in [0, 0.1) is 5.82 Å². The Balaban J connectivity index is 0.886.